The molecule has 1 aromatic carbocycles. The summed E-state index contributed by atoms with van der Waals surface area (Å²) in [4.78, 5) is 16.1. The normalized spacial score (nSPS) is 10.6. The van der Waals surface area contributed by atoms with E-state index in [0.29, 0.717) is 5.56 Å². The van der Waals surface area contributed by atoms with Crippen molar-refractivity contribution >= 4 is 5.91 Å². The van der Waals surface area contributed by atoms with Crippen LogP contribution in [0, 0.1) is 11.6 Å². The molecular formula is C17H14F2N4O. The topological polar surface area (TPSA) is 59.8 Å². The first kappa shape index (κ1) is 15.8. The van der Waals surface area contributed by atoms with Gasteiger partial charge in [-0.15, -0.1) is 0 Å². The lowest BCUT2D eigenvalue weighted by atomic mass is 10.1. The van der Waals surface area contributed by atoms with Crippen molar-refractivity contribution in [2.75, 3.05) is 0 Å². The van der Waals surface area contributed by atoms with Crippen LogP contribution < -0.4 is 5.32 Å². The number of aryl methyl sites for hydroxylation is 1. The van der Waals surface area contributed by atoms with Crippen molar-refractivity contribution in [2.24, 2.45) is 7.05 Å². The van der Waals surface area contributed by atoms with Crippen LogP contribution >= 0.6 is 0 Å². The molecule has 1 N–H and O–H groups in total. The number of aromatic nitrogens is 3. The number of benzene rings is 1. The molecule has 7 heteroatoms. The maximum Gasteiger partial charge on any atom is 0.257 e. The minimum Gasteiger partial charge on any atom is -0.348 e. The number of nitrogens with zero attached hydrogens (tertiary/aromatic N) is 3. The second-order valence-corrected chi connectivity index (χ2v) is 5.26. The van der Waals surface area contributed by atoms with Crippen LogP contribution in [-0.4, -0.2) is 20.7 Å². The van der Waals surface area contributed by atoms with Gasteiger partial charge < -0.3 is 5.32 Å². The summed E-state index contributed by atoms with van der Waals surface area (Å²) < 4.78 is 28.9. The standard InChI is InChI=1S/C17H14F2N4O/c1-23-10-13(9-22-23)12-5-11(6-20-8-12)7-21-17(24)16-14(18)3-2-4-15(16)19/h2-6,8-10H,7H2,1H3,(H,21,24). The Hall–Kier alpha value is -3.09. The number of pyridine rings is 1. The molecule has 0 aliphatic carbocycles. The fraction of sp³-hybridized carbons (Fsp3) is 0.118. The molecule has 0 unspecified atom stereocenters. The zero-order valence-electron chi connectivity index (χ0n) is 12.8. The van der Waals surface area contributed by atoms with Crippen LogP contribution in [0.25, 0.3) is 11.1 Å². The van der Waals surface area contributed by atoms with E-state index in [0.717, 1.165) is 23.3 Å². The van der Waals surface area contributed by atoms with Crippen LogP contribution in [0.15, 0.2) is 49.1 Å². The predicted octanol–water partition coefficient (Wildman–Crippen LogP) is 2.69. The summed E-state index contributed by atoms with van der Waals surface area (Å²) >= 11 is 0. The maximum absolute atomic E-state index is 13.6. The van der Waals surface area contributed by atoms with Crippen molar-refractivity contribution < 1.29 is 13.6 Å². The monoisotopic (exact) mass is 328 g/mol. The zero-order chi connectivity index (χ0) is 17.1. The first-order valence-electron chi connectivity index (χ1n) is 7.20. The molecule has 2 heterocycles. The third-order valence-corrected chi connectivity index (χ3v) is 3.48. The first-order chi connectivity index (χ1) is 11.5. The van der Waals surface area contributed by atoms with Gasteiger partial charge in [-0.25, -0.2) is 8.78 Å². The highest BCUT2D eigenvalue weighted by Crippen LogP contribution is 2.18. The van der Waals surface area contributed by atoms with Crippen LogP contribution in [0.5, 0.6) is 0 Å². The Morgan fingerprint density at radius 2 is 1.92 bits per heavy atom. The second kappa shape index (κ2) is 6.57. The Balaban J connectivity index is 1.74. The van der Waals surface area contributed by atoms with E-state index in [2.05, 4.69) is 15.4 Å². The van der Waals surface area contributed by atoms with Gasteiger partial charge in [-0.05, 0) is 23.8 Å². The van der Waals surface area contributed by atoms with Gasteiger partial charge in [-0.1, -0.05) is 6.07 Å². The summed E-state index contributed by atoms with van der Waals surface area (Å²) in [5, 5.41) is 6.59. The lowest BCUT2D eigenvalue weighted by Crippen LogP contribution is -2.25. The molecule has 3 rings (SSSR count). The summed E-state index contributed by atoms with van der Waals surface area (Å²) in [7, 11) is 1.81. The second-order valence-electron chi connectivity index (χ2n) is 5.26. The molecule has 0 spiro atoms. The molecule has 1 amide bonds. The molecule has 0 fully saturated rings. The van der Waals surface area contributed by atoms with Crippen molar-refractivity contribution in [3.05, 3.63) is 71.8 Å². The summed E-state index contributed by atoms with van der Waals surface area (Å²) in [6, 6.07) is 5.13. The molecule has 2 aromatic heterocycles. The molecule has 0 saturated heterocycles. The summed E-state index contributed by atoms with van der Waals surface area (Å²) in [6.07, 6.45) is 6.80. The summed E-state index contributed by atoms with van der Waals surface area (Å²) in [5.41, 5.74) is 1.85. The van der Waals surface area contributed by atoms with Gasteiger partial charge in [0, 0.05) is 43.3 Å². The van der Waals surface area contributed by atoms with E-state index in [4.69, 9.17) is 0 Å². The highest BCUT2D eigenvalue weighted by atomic mass is 19.1. The number of halogens is 2. The number of rotatable bonds is 4. The van der Waals surface area contributed by atoms with Crippen molar-refractivity contribution in [2.45, 2.75) is 6.54 Å². The van der Waals surface area contributed by atoms with Crippen LogP contribution in [0.1, 0.15) is 15.9 Å². The molecule has 0 bridgehead atoms. The van der Waals surface area contributed by atoms with E-state index in [9.17, 15) is 13.6 Å². The highest BCUT2D eigenvalue weighted by Gasteiger charge is 2.16. The van der Waals surface area contributed by atoms with E-state index in [1.807, 2.05) is 19.3 Å². The van der Waals surface area contributed by atoms with Gasteiger partial charge in [0.15, 0.2) is 0 Å². The van der Waals surface area contributed by atoms with Crippen molar-refractivity contribution in [3.63, 3.8) is 0 Å². The van der Waals surface area contributed by atoms with Crippen molar-refractivity contribution in [1.29, 1.82) is 0 Å². The van der Waals surface area contributed by atoms with Crippen molar-refractivity contribution in [3.8, 4) is 11.1 Å². The smallest absolute Gasteiger partial charge is 0.257 e. The molecule has 0 aliphatic heterocycles. The third-order valence-electron chi connectivity index (χ3n) is 3.48. The Morgan fingerprint density at radius 3 is 2.58 bits per heavy atom. The summed E-state index contributed by atoms with van der Waals surface area (Å²) in [5.74, 6) is -2.60. The average Bonchev–Trinajstić information content (AvgIpc) is 3.00. The van der Waals surface area contributed by atoms with E-state index in [-0.39, 0.29) is 6.54 Å². The lowest BCUT2D eigenvalue weighted by Gasteiger charge is -2.08. The van der Waals surface area contributed by atoms with E-state index < -0.39 is 23.1 Å². The molecule has 24 heavy (non-hydrogen) atoms. The van der Waals surface area contributed by atoms with Gasteiger partial charge >= 0.3 is 0 Å². The van der Waals surface area contributed by atoms with Gasteiger partial charge in [-0.3, -0.25) is 14.5 Å². The molecule has 122 valence electrons. The molecule has 3 aromatic rings. The Kier molecular flexibility index (Phi) is 4.33. The third kappa shape index (κ3) is 3.29. The van der Waals surface area contributed by atoms with Crippen LogP contribution in [0.4, 0.5) is 8.78 Å². The molecular weight excluding hydrogens is 314 g/mol. The molecule has 0 aliphatic rings. The number of hydrogen-bond donors (Lipinski definition) is 1. The fourth-order valence-corrected chi connectivity index (χ4v) is 2.30. The largest absolute Gasteiger partial charge is 0.348 e. The molecule has 0 radical (unpaired) electrons. The van der Waals surface area contributed by atoms with E-state index in [1.165, 1.54) is 6.07 Å². The first-order valence-corrected chi connectivity index (χ1v) is 7.20. The maximum atomic E-state index is 13.6. The minimum atomic E-state index is -0.894. The van der Waals surface area contributed by atoms with Crippen LogP contribution in [-0.2, 0) is 13.6 Å². The number of carbonyl (C=O) groups is 1. The number of nitrogens with one attached hydrogen (secondary N) is 1. The minimum absolute atomic E-state index is 0.105. The Bertz CT molecular complexity index is 872. The number of carbonyl (C=O) groups excluding carboxylic acids is 1. The van der Waals surface area contributed by atoms with Crippen LogP contribution in [0.3, 0.4) is 0 Å². The Labute approximate surface area is 137 Å². The predicted molar refractivity (Wildman–Crippen MR) is 84.0 cm³/mol. The molecule has 5 nitrogen and oxygen atoms in total. The van der Waals surface area contributed by atoms with Gasteiger partial charge in [-0.2, -0.15) is 5.10 Å². The summed E-state index contributed by atoms with van der Waals surface area (Å²) in [6.45, 7) is 0.105. The number of amides is 1. The zero-order valence-corrected chi connectivity index (χ0v) is 12.8. The van der Waals surface area contributed by atoms with Crippen LogP contribution in [0.2, 0.25) is 0 Å². The molecule has 0 atom stereocenters. The highest BCUT2D eigenvalue weighted by molar-refractivity contribution is 5.94. The van der Waals surface area contributed by atoms with Gasteiger partial charge in [0.1, 0.15) is 17.2 Å². The fourth-order valence-electron chi connectivity index (χ4n) is 2.30. The number of hydrogen-bond acceptors (Lipinski definition) is 3. The van der Waals surface area contributed by atoms with Gasteiger partial charge in [0.05, 0.1) is 6.20 Å². The van der Waals surface area contributed by atoms with Crippen molar-refractivity contribution in [1.82, 2.24) is 20.1 Å². The molecule has 0 saturated carbocycles. The van der Waals surface area contributed by atoms with E-state index >= 15 is 0 Å². The Morgan fingerprint density at radius 1 is 1.17 bits per heavy atom. The SMILES string of the molecule is Cn1cc(-c2cncc(CNC(=O)c3c(F)cccc3F)c2)cn1. The quantitative estimate of drug-likeness (QED) is 0.801. The van der Waals surface area contributed by atoms with Gasteiger partial charge in [0.25, 0.3) is 5.91 Å². The lowest BCUT2D eigenvalue weighted by molar-refractivity contribution is 0.0942. The average molecular weight is 328 g/mol. The van der Waals surface area contributed by atoms with Gasteiger partial charge in [0.2, 0.25) is 0 Å². The van der Waals surface area contributed by atoms with E-state index in [1.54, 1.807) is 23.3 Å².